The van der Waals surface area contributed by atoms with Crippen LogP contribution in [0.1, 0.15) is 10.4 Å². The Hall–Kier alpha value is -1.65. The smallest absolute Gasteiger partial charge is 0.338 e. The van der Waals surface area contributed by atoms with E-state index in [1.165, 1.54) is 19.0 Å². The first-order valence-electron chi connectivity index (χ1n) is 4.22. The van der Waals surface area contributed by atoms with E-state index in [1.54, 1.807) is 0 Å². The van der Waals surface area contributed by atoms with Gasteiger partial charge in [-0.15, -0.1) is 0 Å². The first-order valence-corrected chi connectivity index (χ1v) is 4.22. The largest absolute Gasteiger partial charge is 0.465 e. The summed E-state index contributed by atoms with van der Waals surface area (Å²) in [6.45, 7) is 0. The molecule has 0 bridgehead atoms. The van der Waals surface area contributed by atoms with E-state index in [2.05, 4.69) is 4.74 Å². The van der Waals surface area contributed by atoms with Gasteiger partial charge < -0.3 is 9.64 Å². The number of halogens is 2. The number of benzene rings is 1. The molecule has 0 aliphatic heterocycles. The quantitative estimate of drug-likeness (QED) is 0.705. The number of rotatable bonds is 2. The molecule has 0 saturated carbocycles. The lowest BCUT2D eigenvalue weighted by atomic mass is 10.2. The molecule has 0 aliphatic rings. The first-order chi connectivity index (χ1) is 6.97. The predicted octanol–water partition coefficient (Wildman–Crippen LogP) is 1.82. The minimum atomic E-state index is -0.791. The topological polar surface area (TPSA) is 29.5 Å². The van der Waals surface area contributed by atoms with Gasteiger partial charge in [0.1, 0.15) is 17.3 Å². The molecule has 15 heavy (non-hydrogen) atoms. The molecule has 0 spiro atoms. The third-order valence-corrected chi connectivity index (χ3v) is 1.89. The summed E-state index contributed by atoms with van der Waals surface area (Å²) in [5.74, 6) is -2.35. The fourth-order valence-corrected chi connectivity index (χ4v) is 1.23. The van der Waals surface area contributed by atoms with Gasteiger partial charge in [-0.05, 0) is 12.1 Å². The van der Waals surface area contributed by atoms with E-state index in [4.69, 9.17) is 0 Å². The molecule has 1 aromatic rings. The fourth-order valence-electron chi connectivity index (χ4n) is 1.23. The first kappa shape index (κ1) is 11.4. The van der Waals surface area contributed by atoms with Crippen molar-refractivity contribution in [1.82, 2.24) is 0 Å². The number of nitrogens with zero attached hydrogens (tertiary/aromatic N) is 1. The van der Waals surface area contributed by atoms with Gasteiger partial charge in [0.25, 0.3) is 0 Å². The fraction of sp³-hybridized carbons (Fsp3) is 0.300. The highest BCUT2D eigenvalue weighted by molar-refractivity contribution is 5.89. The molecule has 0 amide bonds. The van der Waals surface area contributed by atoms with Crippen LogP contribution in [0.25, 0.3) is 0 Å². The van der Waals surface area contributed by atoms with Gasteiger partial charge >= 0.3 is 5.97 Å². The number of esters is 1. The number of carbonyl (C=O) groups excluding carboxylic acids is 1. The highest BCUT2D eigenvalue weighted by atomic mass is 19.1. The third kappa shape index (κ3) is 2.23. The van der Waals surface area contributed by atoms with E-state index in [-0.39, 0.29) is 11.3 Å². The van der Waals surface area contributed by atoms with Gasteiger partial charge in [0.2, 0.25) is 0 Å². The van der Waals surface area contributed by atoms with Crippen LogP contribution in [0.3, 0.4) is 0 Å². The number of carbonyl (C=O) groups is 1. The molecule has 0 fully saturated rings. The standard InChI is InChI=1S/C10H11F2NO2/c1-13(2)9-7(11)4-6(5-8(9)12)10(14)15-3/h4-5H,1-3H3. The summed E-state index contributed by atoms with van der Waals surface area (Å²) in [5, 5.41) is 0. The van der Waals surface area contributed by atoms with E-state index < -0.39 is 17.6 Å². The van der Waals surface area contributed by atoms with Crippen LogP contribution >= 0.6 is 0 Å². The van der Waals surface area contributed by atoms with E-state index >= 15 is 0 Å². The monoisotopic (exact) mass is 215 g/mol. The van der Waals surface area contributed by atoms with E-state index in [0.717, 1.165) is 19.2 Å². The molecule has 0 atom stereocenters. The lowest BCUT2D eigenvalue weighted by molar-refractivity contribution is 0.0599. The second-order valence-corrected chi connectivity index (χ2v) is 3.17. The van der Waals surface area contributed by atoms with Gasteiger partial charge in [-0.1, -0.05) is 0 Å². The molecule has 0 aliphatic carbocycles. The summed E-state index contributed by atoms with van der Waals surface area (Å²) in [4.78, 5) is 12.3. The van der Waals surface area contributed by atoms with Crippen molar-refractivity contribution >= 4 is 11.7 Å². The van der Waals surface area contributed by atoms with E-state index in [1.807, 2.05) is 0 Å². The van der Waals surface area contributed by atoms with Gasteiger partial charge in [-0.2, -0.15) is 0 Å². The molecule has 0 aromatic heterocycles. The Morgan fingerprint density at radius 3 is 2.07 bits per heavy atom. The molecule has 0 saturated heterocycles. The zero-order chi connectivity index (χ0) is 11.6. The lowest BCUT2D eigenvalue weighted by Gasteiger charge is -2.14. The predicted molar refractivity (Wildman–Crippen MR) is 52.0 cm³/mol. The van der Waals surface area contributed by atoms with Gasteiger partial charge in [0.05, 0.1) is 12.7 Å². The van der Waals surface area contributed by atoms with Crippen molar-refractivity contribution in [3.8, 4) is 0 Å². The lowest BCUT2D eigenvalue weighted by Crippen LogP contribution is -2.14. The van der Waals surface area contributed by atoms with Crippen molar-refractivity contribution in [3.05, 3.63) is 29.3 Å². The highest BCUT2D eigenvalue weighted by Gasteiger charge is 2.16. The molecule has 1 aromatic carbocycles. The Balaban J connectivity index is 3.25. The maximum atomic E-state index is 13.4. The molecule has 5 heteroatoms. The summed E-state index contributed by atoms with van der Waals surface area (Å²) in [7, 11) is 4.18. The Morgan fingerprint density at radius 2 is 1.73 bits per heavy atom. The maximum Gasteiger partial charge on any atom is 0.338 e. The molecular formula is C10H11F2NO2. The van der Waals surface area contributed by atoms with Crippen molar-refractivity contribution < 1.29 is 18.3 Å². The van der Waals surface area contributed by atoms with Crippen LogP contribution < -0.4 is 4.90 Å². The van der Waals surface area contributed by atoms with Crippen LogP contribution in [0.4, 0.5) is 14.5 Å². The molecule has 3 nitrogen and oxygen atoms in total. The maximum absolute atomic E-state index is 13.4. The molecule has 0 unspecified atom stereocenters. The van der Waals surface area contributed by atoms with Crippen molar-refractivity contribution in [3.63, 3.8) is 0 Å². The highest BCUT2D eigenvalue weighted by Crippen LogP contribution is 2.23. The minimum Gasteiger partial charge on any atom is -0.465 e. The van der Waals surface area contributed by atoms with Crippen LogP contribution in [-0.4, -0.2) is 27.2 Å². The summed E-state index contributed by atoms with van der Waals surface area (Å²) in [6.07, 6.45) is 0. The van der Waals surface area contributed by atoms with Crippen molar-refractivity contribution in [2.75, 3.05) is 26.1 Å². The summed E-state index contributed by atoms with van der Waals surface area (Å²) < 4.78 is 31.1. The Bertz CT molecular complexity index is 368. The molecule has 82 valence electrons. The van der Waals surface area contributed by atoms with Crippen LogP contribution in [0.2, 0.25) is 0 Å². The van der Waals surface area contributed by atoms with Gasteiger partial charge in [0.15, 0.2) is 0 Å². The van der Waals surface area contributed by atoms with Gasteiger partial charge in [-0.3, -0.25) is 0 Å². The normalized spacial score (nSPS) is 9.93. The number of methoxy groups -OCH3 is 1. The summed E-state index contributed by atoms with van der Waals surface area (Å²) in [6, 6.07) is 1.90. The van der Waals surface area contributed by atoms with Crippen molar-refractivity contribution in [1.29, 1.82) is 0 Å². The third-order valence-electron chi connectivity index (χ3n) is 1.89. The second kappa shape index (κ2) is 4.25. The molecular weight excluding hydrogens is 204 g/mol. The van der Waals surface area contributed by atoms with E-state index in [9.17, 15) is 13.6 Å². The molecule has 0 heterocycles. The van der Waals surface area contributed by atoms with Crippen LogP contribution in [-0.2, 0) is 4.74 Å². The average Bonchev–Trinajstić information content (AvgIpc) is 2.14. The van der Waals surface area contributed by atoms with E-state index in [0.29, 0.717) is 0 Å². The molecule has 1 rings (SSSR count). The zero-order valence-electron chi connectivity index (χ0n) is 8.67. The number of ether oxygens (including phenoxy) is 1. The van der Waals surface area contributed by atoms with Crippen molar-refractivity contribution in [2.24, 2.45) is 0 Å². The minimum absolute atomic E-state index is 0.141. The van der Waals surface area contributed by atoms with Crippen LogP contribution in [0.5, 0.6) is 0 Å². The zero-order valence-corrected chi connectivity index (χ0v) is 8.67. The van der Waals surface area contributed by atoms with Crippen LogP contribution in [0, 0.1) is 11.6 Å². The average molecular weight is 215 g/mol. The van der Waals surface area contributed by atoms with Crippen molar-refractivity contribution in [2.45, 2.75) is 0 Å². The van der Waals surface area contributed by atoms with Gasteiger partial charge in [-0.25, -0.2) is 13.6 Å². The second-order valence-electron chi connectivity index (χ2n) is 3.17. The Morgan fingerprint density at radius 1 is 1.27 bits per heavy atom. The summed E-state index contributed by atoms with van der Waals surface area (Å²) >= 11 is 0. The number of hydrogen-bond acceptors (Lipinski definition) is 3. The molecule has 0 radical (unpaired) electrons. The van der Waals surface area contributed by atoms with Crippen LogP contribution in [0.15, 0.2) is 12.1 Å². The Kier molecular flexibility index (Phi) is 3.24. The number of anilines is 1. The summed E-state index contributed by atoms with van der Waals surface area (Å²) in [5.41, 5.74) is -0.319. The Labute approximate surface area is 86.3 Å². The molecule has 0 N–H and O–H groups in total. The SMILES string of the molecule is COC(=O)c1cc(F)c(N(C)C)c(F)c1. The van der Waals surface area contributed by atoms with Gasteiger partial charge in [0, 0.05) is 14.1 Å². The number of hydrogen-bond donors (Lipinski definition) is 0.